The quantitative estimate of drug-likeness (QED) is 0.689. The van der Waals surface area contributed by atoms with E-state index in [4.69, 9.17) is 4.42 Å². The summed E-state index contributed by atoms with van der Waals surface area (Å²) in [5, 5.41) is 0.448. The third-order valence-corrected chi connectivity index (χ3v) is 4.44. The van der Waals surface area contributed by atoms with Gasteiger partial charge in [-0.25, -0.2) is 4.39 Å². The van der Waals surface area contributed by atoms with E-state index in [0.717, 1.165) is 5.56 Å². The van der Waals surface area contributed by atoms with Gasteiger partial charge in [-0.05, 0) is 36.8 Å². The van der Waals surface area contributed by atoms with Crippen LogP contribution in [0, 0.1) is 12.7 Å². The molecule has 1 amide bonds. The largest absolute Gasteiger partial charge is 0.450 e. The summed E-state index contributed by atoms with van der Waals surface area (Å²) in [5.74, 6) is -0.654. The molecule has 120 valence electrons. The first-order valence-corrected chi connectivity index (χ1v) is 7.57. The van der Waals surface area contributed by atoms with E-state index in [1.165, 1.54) is 17.0 Å². The van der Waals surface area contributed by atoms with Gasteiger partial charge in [-0.1, -0.05) is 23.8 Å². The number of rotatable bonds is 1. The van der Waals surface area contributed by atoms with Crippen LogP contribution in [0.15, 0.2) is 51.7 Å². The summed E-state index contributed by atoms with van der Waals surface area (Å²) in [7, 11) is 1.61. The lowest BCUT2D eigenvalue weighted by atomic mass is 9.98. The number of carbonyl (C=O) groups is 1. The third kappa shape index (κ3) is 1.98. The second-order valence-corrected chi connectivity index (χ2v) is 6.04. The maximum Gasteiger partial charge on any atom is 0.290 e. The van der Waals surface area contributed by atoms with Crippen LogP contribution in [0.2, 0.25) is 0 Å². The predicted molar refractivity (Wildman–Crippen MR) is 87.6 cm³/mol. The van der Waals surface area contributed by atoms with Crippen molar-refractivity contribution in [2.24, 2.45) is 0 Å². The molecule has 0 radical (unpaired) electrons. The Labute approximate surface area is 137 Å². The van der Waals surface area contributed by atoms with Gasteiger partial charge in [0, 0.05) is 7.05 Å². The second-order valence-electron chi connectivity index (χ2n) is 6.04. The Bertz CT molecular complexity index is 1040. The molecule has 1 atom stereocenters. The molecule has 3 aromatic rings. The topological polar surface area (TPSA) is 50.5 Å². The van der Waals surface area contributed by atoms with E-state index in [-0.39, 0.29) is 22.9 Å². The molecular formula is C19H14FNO3. The Morgan fingerprint density at radius 3 is 2.50 bits per heavy atom. The van der Waals surface area contributed by atoms with Gasteiger partial charge in [0.2, 0.25) is 5.76 Å². The number of benzene rings is 2. The zero-order chi connectivity index (χ0) is 17.0. The minimum Gasteiger partial charge on any atom is -0.450 e. The highest BCUT2D eigenvalue weighted by molar-refractivity contribution is 5.98. The van der Waals surface area contributed by atoms with Crippen LogP contribution < -0.4 is 5.43 Å². The average Bonchev–Trinajstić information content (AvgIpc) is 2.82. The maximum absolute atomic E-state index is 13.2. The standard InChI is InChI=1S/C19H14FNO3/c1-10-3-8-14-13(9-10)17(22)15-16(11-4-6-12(20)7-5-11)21(2)19(23)18(15)24-14/h3-9,16H,1-2H3. The van der Waals surface area contributed by atoms with Gasteiger partial charge >= 0.3 is 0 Å². The Balaban J connectivity index is 2.03. The molecule has 0 N–H and O–H groups in total. The van der Waals surface area contributed by atoms with E-state index in [1.54, 1.807) is 31.3 Å². The minimum atomic E-state index is -0.575. The smallest absolute Gasteiger partial charge is 0.290 e. The van der Waals surface area contributed by atoms with Gasteiger partial charge in [0.25, 0.3) is 5.91 Å². The molecule has 0 saturated heterocycles. The monoisotopic (exact) mass is 323 g/mol. The highest BCUT2D eigenvalue weighted by atomic mass is 19.1. The molecule has 1 aromatic heterocycles. The van der Waals surface area contributed by atoms with Crippen molar-refractivity contribution < 1.29 is 13.6 Å². The number of hydrogen-bond acceptors (Lipinski definition) is 3. The predicted octanol–water partition coefficient (Wildman–Crippen LogP) is 3.42. The Kier molecular flexibility index (Phi) is 3.06. The summed E-state index contributed by atoms with van der Waals surface area (Å²) < 4.78 is 18.9. The Morgan fingerprint density at radius 2 is 1.79 bits per heavy atom. The van der Waals surface area contributed by atoms with Gasteiger partial charge < -0.3 is 9.32 Å². The fraction of sp³-hybridized carbons (Fsp3) is 0.158. The Hall–Kier alpha value is -2.95. The van der Waals surface area contributed by atoms with Crippen molar-refractivity contribution in [2.75, 3.05) is 7.05 Å². The number of aryl methyl sites for hydroxylation is 1. The van der Waals surface area contributed by atoms with Crippen molar-refractivity contribution >= 4 is 16.9 Å². The van der Waals surface area contributed by atoms with Crippen LogP contribution in [0.3, 0.4) is 0 Å². The van der Waals surface area contributed by atoms with Crippen LogP contribution in [0.1, 0.15) is 33.3 Å². The SMILES string of the molecule is Cc1ccc2oc3c(c(=O)c2c1)C(c1ccc(F)cc1)N(C)C3=O. The lowest BCUT2D eigenvalue weighted by Crippen LogP contribution is -2.25. The molecule has 2 heterocycles. The summed E-state index contributed by atoms with van der Waals surface area (Å²) in [6.07, 6.45) is 0. The number of halogens is 1. The van der Waals surface area contributed by atoms with E-state index in [1.807, 2.05) is 13.0 Å². The minimum absolute atomic E-state index is 0.0631. The van der Waals surface area contributed by atoms with Crippen LogP contribution in [-0.2, 0) is 0 Å². The summed E-state index contributed by atoms with van der Waals surface area (Å²) in [4.78, 5) is 27.0. The van der Waals surface area contributed by atoms with Crippen LogP contribution in [0.4, 0.5) is 4.39 Å². The van der Waals surface area contributed by atoms with Crippen molar-refractivity contribution in [2.45, 2.75) is 13.0 Å². The Morgan fingerprint density at radius 1 is 1.08 bits per heavy atom. The van der Waals surface area contributed by atoms with Gasteiger partial charge in [0.05, 0.1) is 17.0 Å². The van der Waals surface area contributed by atoms with E-state index < -0.39 is 6.04 Å². The molecule has 0 bridgehead atoms. The highest BCUT2D eigenvalue weighted by Gasteiger charge is 2.40. The van der Waals surface area contributed by atoms with Crippen LogP contribution >= 0.6 is 0 Å². The summed E-state index contributed by atoms with van der Waals surface area (Å²) in [6, 6.07) is 10.5. The molecule has 1 aliphatic rings. The lowest BCUT2D eigenvalue weighted by Gasteiger charge is -2.20. The van der Waals surface area contributed by atoms with Crippen LogP contribution in [0.5, 0.6) is 0 Å². The zero-order valence-corrected chi connectivity index (χ0v) is 13.2. The van der Waals surface area contributed by atoms with Gasteiger partial charge in [-0.2, -0.15) is 0 Å². The van der Waals surface area contributed by atoms with Gasteiger partial charge in [-0.3, -0.25) is 9.59 Å². The molecule has 4 nitrogen and oxygen atoms in total. The molecule has 5 heteroatoms. The molecule has 4 rings (SSSR count). The molecule has 1 unspecified atom stereocenters. The maximum atomic E-state index is 13.2. The number of nitrogens with zero attached hydrogens (tertiary/aromatic N) is 1. The van der Waals surface area contributed by atoms with E-state index in [0.29, 0.717) is 22.1 Å². The fourth-order valence-corrected chi connectivity index (χ4v) is 3.24. The molecule has 0 saturated carbocycles. The molecular weight excluding hydrogens is 309 g/mol. The molecule has 0 fully saturated rings. The molecule has 0 spiro atoms. The number of amides is 1. The zero-order valence-electron chi connectivity index (χ0n) is 13.2. The second kappa shape index (κ2) is 5.03. The fourth-order valence-electron chi connectivity index (χ4n) is 3.24. The van der Waals surface area contributed by atoms with Crippen molar-refractivity contribution in [3.05, 3.63) is 81.0 Å². The third-order valence-electron chi connectivity index (χ3n) is 4.44. The average molecular weight is 323 g/mol. The summed E-state index contributed by atoms with van der Waals surface area (Å²) in [5.41, 5.74) is 2.09. The number of hydrogen-bond donors (Lipinski definition) is 0. The van der Waals surface area contributed by atoms with Crippen molar-refractivity contribution in [3.8, 4) is 0 Å². The van der Waals surface area contributed by atoms with Crippen molar-refractivity contribution in [1.29, 1.82) is 0 Å². The van der Waals surface area contributed by atoms with Gasteiger partial charge in [-0.15, -0.1) is 0 Å². The first-order valence-electron chi connectivity index (χ1n) is 7.57. The van der Waals surface area contributed by atoms with Crippen molar-refractivity contribution in [3.63, 3.8) is 0 Å². The van der Waals surface area contributed by atoms with Gasteiger partial charge in [0.1, 0.15) is 11.4 Å². The van der Waals surface area contributed by atoms with Gasteiger partial charge in [0.15, 0.2) is 5.43 Å². The van der Waals surface area contributed by atoms with E-state index in [2.05, 4.69) is 0 Å². The highest BCUT2D eigenvalue weighted by Crippen LogP contribution is 2.36. The summed E-state index contributed by atoms with van der Waals surface area (Å²) >= 11 is 0. The number of fused-ring (bicyclic) bond motifs is 2. The van der Waals surface area contributed by atoms with Crippen molar-refractivity contribution in [1.82, 2.24) is 4.90 Å². The number of carbonyl (C=O) groups excluding carboxylic acids is 1. The first kappa shape index (κ1) is 14.6. The molecule has 1 aliphatic heterocycles. The van der Waals surface area contributed by atoms with E-state index >= 15 is 0 Å². The normalized spacial score (nSPS) is 16.7. The molecule has 24 heavy (non-hydrogen) atoms. The van der Waals surface area contributed by atoms with Crippen LogP contribution in [-0.4, -0.2) is 17.9 Å². The lowest BCUT2D eigenvalue weighted by molar-refractivity contribution is 0.0771. The van der Waals surface area contributed by atoms with Crippen LogP contribution in [0.25, 0.3) is 11.0 Å². The molecule has 0 aliphatic carbocycles. The first-order chi connectivity index (χ1) is 11.5. The molecule has 2 aromatic carbocycles. The summed E-state index contributed by atoms with van der Waals surface area (Å²) in [6.45, 7) is 1.89. The van der Waals surface area contributed by atoms with E-state index in [9.17, 15) is 14.0 Å².